The molecule has 0 aliphatic heterocycles. The number of halogens is 3. The molecular formula is C38H28F3N3O2Pd. The second-order valence-electron chi connectivity index (χ2n) is 10.8. The SMILES string of the molecule is Cc1ccc(N(c2cc(Oc3ccccn3)[c-]c(Oc3[c-]c(-c4ccccn4)c(F)c(F)c3F)c2)c2ccc(C)cc2C)c(C)c1.[Pd+2]. The molecule has 238 valence electrons. The van der Waals surface area contributed by atoms with E-state index in [4.69, 9.17) is 9.47 Å². The second-order valence-corrected chi connectivity index (χ2v) is 10.8. The van der Waals surface area contributed by atoms with Gasteiger partial charge >= 0.3 is 20.4 Å². The molecule has 2 aromatic heterocycles. The molecule has 47 heavy (non-hydrogen) atoms. The maximum atomic E-state index is 15.2. The summed E-state index contributed by atoms with van der Waals surface area (Å²) in [4.78, 5) is 10.3. The van der Waals surface area contributed by atoms with Crippen molar-refractivity contribution in [3.63, 3.8) is 0 Å². The van der Waals surface area contributed by atoms with Gasteiger partial charge in [0.25, 0.3) is 0 Å². The number of pyridine rings is 2. The van der Waals surface area contributed by atoms with E-state index in [0.29, 0.717) is 5.69 Å². The van der Waals surface area contributed by atoms with Crippen LogP contribution < -0.4 is 14.4 Å². The van der Waals surface area contributed by atoms with E-state index in [-0.39, 0.29) is 49.1 Å². The van der Waals surface area contributed by atoms with Crippen LogP contribution in [0.3, 0.4) is 0 Å². The monoisotopic (exact) mass is 721 g/mol. The second kappa shape index (κ2) is 14.2. The number of anilines is 3. The molecule has 2 heterocycles. The molecule has 0 aliphatic carbocycles. The van der Waals surface area contributed by atoms with Crippen LogP contribution in [-0.2, 0) is 20.4 Å². The first-order valence-electron chi connectivity index (χ1n) is 14.5. The first kappa shape index (κ1) is 33.4. The zero-order valence-electron chi connectivity index (χ0n) is 25.8. The van der Waals surface area contributed by atoms with Gasteiger partial charge in [0.05, 0.1) is 11.6 Å². The van der Waals surface area contributed by atoms with Crippen molar-refractivity contribution in [2.75, 3.05) is 4.90 Å². The van der Waals surface area contributed by atoms with Crippen molar-refractivity contribution < 1.29 is 43.1 Å². The number of aryl methyl sites for hydroxylation is 4. The summed E-state index contributed by atoms with van der Waals surface area (Å²) in [6.07, 6.45) is 3.00. The molecule has 0 atom stereocenters. The molecule has 0 spiro atoms. The van der Waals surface area contributed by atoms with Crippen LogP contribution in [0.4, 0.5) is 30.2 Å². The molecule has 9 heteroatoms. The van der Waals surface area contributed by atoms with E-state index >= 15 is 4.39 Å². The van der Waals surface area contributed by atoms with E-state index in [9.17, 15) is 8.78 Å². The van der Waals surface area contributed by atoms with E-state index in [0.717, 1.165) is 33.6 Å². The Morgan fingerprint density at radius 1 is 0.617 bits per heavy atom. The molecule has 0 aliphatic rings. The molecule has 6 rings (SSSR count). The van der Waals surface area contributed by atoms with Crippen LogP contribution in [0.25, 0.3) is 11.3 Å². The van der Waals surface area contributed by atoms with Crippen molar-refractivity contribution in [1.29, 1.82) is 0 Å². The molecule has 4 aromatic carbocycles. The number of hydrogen-bond donors (Lipinski definition) is 0. The van der Waals surface area contributed by atoms with Crippen molar-refractivity contribution in [3.8, 4) is 34.4 Å². The van der Waals surface area contributed by atoms with Gasteiger partial charge in [0.15, 0.2) is 0 Å². The number of benzene rings is 4. The largest absolute Gasteiger partial charge is 2.00 e. The fourth-order valence-electron chi connectivity index (χ4n) is 5.18. The number of ether oxygens (including phenoxy) is 2. The summed E-state index contributed by atoms with van der Waals surface area (Å²) in [6.45, 7) is 8.07. The number of nitrogens with zero attached hydrogens (tertiary/aromatic N) is 3. The van der Waals surface area contributed by atoms with Gasteiger partial charge in [-0.15, -0.1) is 12.1 Å². The van der Waals surface area contributed by atoms with E-state index in [1.165, 1.54) is 12.3 Å². The molecule has 0 N–H and O–H groups in total. The zero-order valence-corrected chi connectivity index (χ0v) is 27.4. The Labute approximate surface area is 285 Å². The van der Waals surface area contributed by atoms with Gasteiger partial charge in [-0.2, -0.15) is 0 Å². The third-order valence-corrected chi connectivity index (χ3v) is 7.28. The van der Waals surface area contributed by atoms with Crippen molar-refractivity contribution >= 4 is 17.1 Å². The Kier molecular flexibility index (Phi) is 10.1. The first-order valence-corrected chi connectivity index (χ1v) is 14.5. The van der Waals surface area contributed by atoms with Crippen molar-refractivity contribution in [3.05, 3.63) is 149 Å². The summed E-state index contributed by atoms with van der Waals surface area (Å²) in [7, 11) is 0. The minimum Gasteiger partial charge on any atom is -0.500 e. The van der Waals surface area contributed by atoms with E-state index in [1.807, 2.05) is 56.9 Å². The van der Waals surface area contributed by atoms with Crippen LogP contribution in [0.1, 0.15) is 22.3 Å². The van der Waals surface area contributed by atoms with Crippen LogP contribution in [0.5, 0.6) is 23.1 Å². The minimum atomic E-state index is -1.71. The van der Waals surface area contributed by atoms with Gasteiger partial charge in [0.2, 0.25) is 5.88 Å². The molecule has 6 aromatic rings. The third-order valence-electron chi connectivity index (χ3n) is 7.28. The quantitative estimate of drug-likeness (QED) is 0.0890. The summed E-state index contributed by atoms with van der Waals surface area (Å²) in [5, 5.41) is 0. The van der Waals surface area contributed by atoms with Gasteiger partial charge in [-0.25, -0.2) is 9.37 Å². The standard InChI is InChI=1S/C38H28F3N3O2.Pd/c1-23-11-13-32(25(3)17-23)44(33-14-12-24(2)18-26(33)4)27-19-28(21-29(20-27)46-35-10-6-8-16-43-35)45-34-22-30(31-9-5-7-15-42-31)36(39)38(41)37(34)40;/h5-20H,1-4H3;/q-2;+2. The summed E-state index contributed by atoms with van der Waals surface area (Å²) in [5.74, 6) is -4.88. The zero-order chi connectivity index (χ0) is 32.4. The van der Waals surface area contributed by atoms with Gasteiger partial charge in [-0.1, -0.05) is 77.0 Å². The van der Waals surface area contributed by atoms with Crippen molar-refractivity contribution in [2.45, 2.75) is 27.7 Å². The number of hydrogen-bond acceptors (Lipinski definition) is 5. The summed E-state index contributed by atoms with van der Waals surface area (Å²) in [6, 6.07) is 31.0. The van der Waals surface area contributed by atoms with Crippen LogP contribution in [-0.4, -0.2) is 9.97 Å². The van der Waals surface area contributed by atoms with Crippen LogP contribution in [0.15, 0.2) is 97.3 Å². The van der Waals surface area contributed by atoms with Gasteiger partial charge in [0, 0.05) is 41.3 Å². The molecule has 0 amide bonds. The topological polar surface area (TPSA) is 47.5 Å². The summed E-state index contributed by atoms with van der Waals surface area (Å²) >= 11 is 0. The average molecular weight is 722 g/mol. The number of rotatable bonds is 8. The van der Waals surface area contributed by atoms with Crippen molar-refractivity contribution in [2.24, 2.45) is 0 Å². The minimum absolute atomic E-state index is 0. The molecule has 0 saturated heterocycles. The van der Waals surface area contributed by atoms with Crippen LogP contribution in [0, 0.1) is 57.3 Å². The Bertz CT molecular complexity index is 1990. The van der Waals surface area contributed by atoms with E-state index in [1.54, 1.807) is 48.7 Å². The van der Waals surface area contributed by atoms with Gasteiger partial charge in [-0.3, -0.25) is 8.78 Å². The van der Waals surface area contributed by atoms with Crippen LogP contribution in [0.2, 0.25) is 0 Å². The molecule has 0 unspecified atom stereocenters. The molecule has 0 bridgehead atoms. The normalized spacial score (nSPS) is 10.7. The fraction of sp³-hybridized carbons (Fsp3) is 0.105. The summed E-state index contributed by atoms with van der Waals surface area (Å²) in [5.41, 5.74) is 6.22. The predicted octanol–water partition coefficient (Wildman–Crippen LogP) is 10.4. The van der Waals surface area contributed by atoms with Gasteiger partial charge < -0.3 is 19.4 Å². The van der Waals surface area contributed by atoms with Crippen LogP contribution >= 0.6 is 0 Å². The maximum Gasteiger partial charge on any atom is 2.00 e. The Hall–Kier alpha value is -4.97. The van der Waals surface area contributed by atoms with E-state index < -0.39 is 23.2 Å². The molecule has 0 radical (unpaired) electrons. The Morgan fingerprint density at radius 2 is 1.21 bits per heavy atom. The average Bonchev–Trinajstić information content (AvgIpc) is 3.04. The molecule has 0 saturated carbocycles. The molecule has 0 fully saturated rings. The van der Waals surface area contributed by atoms with Crippen molar-refractivity contribution in [1.82, 2.24) is 9.97 Å². The van der Waals surface area contributed by atoms with Gasteiger partial charge in [0.1, 0.15) is 11.6 Å². The Balaban J connectivity index is 0.00000433. The Morgan fingerprint density at radius 3 is 1.77 bits per heavy atom. The van der Waals surface area contributed by atoms with E-state index in [2.05, 4.69) is 34.2 Å². The first-order chi connectivity index (χ1) is 22.2. The number of aromatic nitrogens is 2. The molecular weight excluding hydrogens is 694 g/mol. The van der Waals surface area contributed by atoms with Gasteiger partial charge in [-0.05, 0) is 68.8 Å². The predicted molar refractivity (Wildman–Crippen MR) is 172 cm³/mol. The smallest absolute Gasteiger partial charge is 0.500 e. The molecule has 5 nitrogen and oxygen atoms in total. The maximum absolute atomic E-state index is 15.2. The third kappa shape index (κ3) is 7.22. The fourth-order valence-corrected chi connectivity index (χ4v) is 5.18. The summed E-state index contributed by atoms with van der Waals surface area (Å²) < 4.78 is 56.9.